The topological polar surface area (TPSA) is 90.0 Å². The summed E-state index contributed by atoms with van der Waals surface area (Å²) in [4.78, 5) is 48.4. The third-order valence-corrected chi connectivity index (χ3v) is 3.52. The predicted molar refractivity (Wildman–Crippen MR) is 88.1 cm³/mol. The van der Waals surface area contributed by atoms with E-state index in [1.54, 1.807) is 38.1 Å². The van der Waals surface area contributed by atoms with Gasteiger partial charge in [0.1, 0.15) is 13.0 Å². The Balaban J connectivity index is 1.67. The number of nitrogens with zero attached hydrogens (tertiary/aromatic N) is 1. The maximum absolute atomic E-state index is 12.1. The minimum Gasteiger partial charge on any atom is -0.463 e. The smallest absolute Gasteiger partial charge is 0.313 e. The van der Waals surface area contributed by atoms with Gasteiger partial charge in [0.15, 0.2) is 5.78 Å². The van der Waals surface area contributed by atoms with Crippen molar-refractivity contribution in [2.45, 2.75) is 32.8 Å². The molecule has 0 N–H and O–H groups in total. The summed E-state index contributed by atoms with van der Waals surface area (Å²) in [6.07, 6.45) is -0.174. The van der Waals surface area contributed by atoms with Gasteiger partial charge in [-0.15, -0.1) is 0 Å². The van der Waals surface area contributed by atoms with Crippen LogP contribution in [0.5, 0.6) is 0 Å². The molecule has 25 heavy (non-hydrogen) atoms. The van der Waals surface area contributed by atoms with Gasteiger partial charge in [0.05, 0.1) is 17.2 Å². The molecule has 0 aromatic heterocycles. The van der Waals surface area contributed by atoms with E-state index < -0.39 is 5.97 Å². The molecule has 0 atom stereocenters. The zero-order chi connectivity index (χ0) is 18.4. The average Bonchev–Trinajstić information content (AvgIpc) is 2.78. The summed E-state index contributed by atoms with van der Waals surface area (Å²) in [6.45, 7) is 3.64. The van der Waals surface area contributed by atoms with Crippen LogP contribution in [0.3, 0.4) is 0 Å². The van der Waals surface area contributed by atoms with Gasteiger partial charge in [0.25, 0.3) is 11.8 Å². The number of carbonyl (C=O) groups excluding carboxylic acids is 4. The van der Waals surface area contributed by atoms with Gasteiger partial charge in [-0.3, -0.25) is 24.1 Å². The number of Topliss-reactive ketones (excluding diaryl/α,β-unsaturated/α-hetero) is 1. The number of imide groups is 1. The minimum absolute atomic E-state index is 0.199. The lowest BCUT2D eigenvalue weighted by atomic mass is 10.1. The highest BCUT2D eigenvalue weighted by Gasteiger charge is 2.34. The van der Waals surface area contributed by atoms with E-state index in [9.17, 15) is 19.2 Å². The zero-order valence-corrected chi connectivity index (χ0v) is 14.3. The van der Waals surface area contributed by atoms with Crippen LogP contribution in [0.4, 0.5) is 0 Å². The second-order valence-electron chi connectivity index (χ2n) is 5.97. The summed E-state index contributed by atoms with van der Waals surface area (Å²) < 4.78 is 10.1. The van der Waals surface area contributed by atoms with Crippen LogP contribution in [0.15, 0.2) is 24.3 Å². The first-order valence-corrected chi connectivity index (χ1v) is 8.14. The van der Waals surface area contributed by atoms with E-state index >= 15 is 0 Å². The molecule has 0 fully saturated rings. The Morgan fingerprint density at radius 2 is 1.68 bits per heavy atom. The fraction of sp³-hybridized carbons (Fsp3) is 0.444. The van der Waals surface area contributed by atoms with Crippen molar-refractivity contribution in [3.63, 3.8) is 0 Å². The van der Waals surface area contributed by atoms with Gasteiger partial charge in [-0.1, -0.05) is 12.1 Å². The summed E-state index contributed by atoms with van der Waals surface area (Å²) in [5, 5.41) is 0. The van der Waals surface area contributed by atoms with Gasteiger partial charge in [0.2, 0.25) is 0 Å². The van der Waals surface area contributed by atoms with E-state index in [1.165, 1.54) is 4.90 Å². The van der Waals surface area contributed by atoms with Crippen molar-refractivity contribution < 1.29 is 28.7 Å². The molecular weight excluding hydrogens is 326 g/mol. The van der Waals surface area contributed by atoms with Crippen LogP contribution in [0.1, 0.15) is 47.4 Å². The summed E-state index contributed by atoms with van der Waals surface area (Å²) in [5.41, 5.74) is 0.819. The quantitative estimate of drug-likeness (QED) is 0.292. The van der Waals surface area contributed by atoms with Crippen LogP contribution >= 0.6 is 0 Å². The molecule has 7 nitrogen and oxygen atoms in total. The number of fused-ring (bicyclic) bond motifs is 1. The lowest BCUT2D eigenvalue weighted by Gasteiger charge is -2.13. The molecule has 0 saturated heterocycles. The number of esters is 1. The van der Waals surface area contributed by atoms with Gasteiger partial charge >= 0.3 is 5.97 Å². The van der Waals surface area contributed by atoms with Crippen molar-refractivity contribution in [3.05, 3.63) is 35.4 Å². The van der Waals surface area contributed by atoms with Crippen LogP contribution in [0.25, 0.3) is 0 Å². The molecule has 1 aliphatic rings. The minimum atomic E-state index is -0.574. The molecule has 0 bridgehead atoms. The van der Waals surface area contributed by atoms with Gasteiger partial charge in [-0.05, 0) is 32.4 Å². The van der Waals surface area contributed by atoms with E-state index in [0.29, 0.717) is 17.5 Å². The fourth-order valence-electron chi connectivity index (χ4n) is 2.47. The second-order valence-corrected chi connectivity index (χ2v) is 5.97. The highest BCUT2D eigenvalue weighted by Crippen LogP contribution is 2.22. The Bertz CT molecular complexity index is 647. The summed E-state index contributed by atoms with van der Waals surface area (Å²) in [7, 11) is 0. The van der Waals surface area contributed by atoms with Crippen molar-refractivity contribution in [2.24, 2.45) is 0 Å². The summed E-state index contributed by atoms with van der Waals surface area (Å²) in [5.74, 6) is -1.57. The fourth-order valence-corrected chi connectivity index (χ4v) is 2.47. The summed E-state index contributed by atoms with van der Waals surface area (Å²) >= 11 is 0. The van der Waals surface area contributed by atoms with Crippen molar-refractivity contribution in [3.8, 4) is 0 Å². The molecule has 1 heterocycles. The van der Waals surface area contributed by atoms with E-state index in [-0.39, 0.29) is 49.9 Å². The molecule has 1 aliphatic heterocycles. The Morgan fingerprint density at radius 3 is 2.24 bits per heavy atom. The predicted octanol–water partition coefficient (Wildman–Crippen LogP) is 1.60. The normalized spacial score (nSPS) is 13.3. The van der Waals surface area contributed by atoms with E-state index in [2.05, 4.69) is 0 Å². The van der Waals surface area contributed by atoms with E-state index in [1.807, 2.05) is 0 Å². The number of hydrogen-bond acceptors (Lipinski definition) is 6. The third-order valence-electron chi connectivity index (χ3n) is 3.52. The van der Waals surface area contributed by atoms with Gasteiger partial charge in [-0.2, -0.15) is 0 Å². The Labute approximate surface area is 145 Å². The Kier molecular flexibility index (Phi) is 6.41. The van der Waals surface area contributed by atoms with Gasteiger partial charge in [0, 0.05) is 13.2 Å². The Morgan fingerprint density at radius 1 is 1.08 bits per heavy atom. The third kappa shape index (κ3) is 4.96. The van der Waals surface area contributed by atoms with E-state index in [4.69, 9.17) is 9.47 Å². The molecule has 2 amide bonds. The molecule has 0 saturated carbocycles. The maximum Gasteiger partial charge on any atom is 0.313 e. The first-order valence-electron chi connectivity index (χ1n) is 8.14. The standard InChI is InChI=1S/C18H21NO6/c1-12(2)25-16(21)10-13(20)11-24-9-5-8-19-17(22)14-6-3-4-7-15(14)18(19)23/h3-4,6-7,12H,5,8-11H2,1-2H3. The van der Waals surface area contributed by atoms with Crippen LogP contribution < -0.4 is 0 Å². The molecule has 134 valence electrons. The highest BCUT2D eigenvalue weighted by atomic mass is 16.5. The number of carbonyl (C=O) groups is 4. The number of rotatable bonds is 9. The van der Waals surface area contributed by atoms with Crippen LogP contribution in [-0.2, 0) is 19.1 Å². The first kappa shape index (κ1) is 18.8. The lowest BCUT2D eigenvalue weighted by molar-refractivity contribution is -0.150. The zero-order valence-electron chi connectivity index (χ0n) is 14.3. The second kappa shape index (κ2) is 8.53. The molecule has 1 aromatic rings. The average molecular weight is 347 g/mol. The SMILES string of the molecule is CC(C)OC(=O)CC(=O)COCCCN1C(=O)c2ccccc2C1=O. The number of hydrogen-bond donors (Lipinski definition) is 0. The van der Waals surface area contributed by atoms with Crippen molar-refractivity contribution in [1.29, 1.82) is 0 Å². The van der Waals surface area contributed by atoms with E-state index in [0.717, 1.165) is 0 Å². The number of ether oxygens (including phenoxy) is 2. The number of benzene rings is 1. The van der Waals surface area contributed by atoms with Crippen molar-refractivity contribution in [1.82, 2.24) is 4.90 Å². The first-order chi connectivity index (χ1) is 11.9. The molecule has 1 aromatic carbocycles. The van der Waals surface area contributed by atoms with Crippen LogP contribution in [0, 0.1) is 0 Å². The largest absolute Gasteiger partial charge is 0.463 e. The molecular formula is C18H21NO6. The van der Waals surface area contributed by atoms with Gasteiger partial charge < -0.3 is 9.47 Å². The highest BCUT2D eigenvalue weighted by molar-refractivity contribution is 6.21. The van der Waals surface area contributed by atoms with Crippen LogP contribution in [0.2, 0.25) is 0 Å². The molecule has 0 spiro atoms. The number of amides is 2. The molecule has 2 rings (SSSR count). The molecule has 0 unspecified atom stereocenters. The van der Waals surface area contributed by atoms with Crippen molar-refractivity contribution in [2.75, 3.05) is 19.8 Å². The molecule has 7 heteroatoms. The lowest BCUT2D eigenvalue weighted by Crippen LogP contribution is -2.31. The van der Waals surface area contributed by atoms with Crippen molar-refractivity contribution >= 4 is 23.6 Å². The van der Waals surface area contributed by atoms with Crippen LogP contribution in [-0.4, -0.2) is 54.3 Å². The van der Waals surface area contributed by atoms with Gasteiger partial charge in [-0.25, -0.2) is 0 Å². The number of ketones is 1. The maximum atomic E-state index is 12.1. The monoisotopic (exact) mass is 347 g/mol. The molecule has 0 aliphatic carbocycles. The Hall–Kier alpha value is -2.54. The summed E-state index contributed by atoms with van der Waals surface area (Å²) in [6, 6.07) is 6.68. The molecule has 0 radical (unpaired) electrons.